The fourth-order valence-electron chi connectivity index (χ4n) is 4.49. The monoisotopic (exact) mass is 575 g/mol. The van der Waals surface area contributed by atoms with Gasteiger partial charge in [0.15, 0.2) is 0 Å². The van der Waals surface area contributed by atoms with Crippen LogP contribution in [0.1, 0.15) is 46.8 Å². The summed E-state index contributed by atoms with van der Waals surface area (Å²) in [5, 5.41) is 31.6. The molecule has 0 aliphatic carbocycles. The second-order valence-corrected chi connectivity index (χ2v) is 9.54. The summed E-state index contributed by atoms with van der Waals surface area (Å²) >= 11 is 0. The molecule has 3 aromatic rings. The van der Waals surface area contributed by atoms with Gasteiger partial charge in [-0.25, -0.2) is 4.79 Å². The minimum absolute atomic E-state index is 0.0988. The standard InChI is InChI=1S/C30H33N5O7/c1-4-20-15-19(9-14-25(20)34-26-8-6-5-7-23(26)30(39)40)16-27(33-18(2)36)29(38)32-17-24(28(37)31-3)21-10-12-22(13-11-21)35(41)42/h5-15,24,27,34H,4,16-17H2,1-3H3,(H,31,37)(H,32,38)(H,33,36)(H,39,40)/t24-,27-/m0/s1. The molecule has 0 spiro atoms. The predicted molar refractivity (Wildman–Crippen MR) is 157 cm³/mol. The zero-order valence-corrected chi connectivity index (χ0v) is 23.5. The topological polar surface area (TPSA) is 180 Å². The summed E-state index contributed by atoms with van der Waals surface area (Å²) in [5.41, 5.74) is 3.30. The molecule has 0 bridgehead atoms. The maximum atomic E-state index is 13.2. The van der Waals surface area contributed by atoms with Gasteiger partial charge >= 0.3 is 5.97 Å². The Morgan fingerprint density at radius 1 is 0.952 bits per heavy atom. The third-order valence-corrected chi connectivity index (χ3v) is 6.66. The van der Waals surface area contributed by atoms with Gasteiger partial charge in [0.1, 0.15) is 6.04 Å². The van der Waals surface area contributed by atoms with Crippen molar-refractivity contribution in [3.05, 3.63) is 99.1 Å². The van der Waals surface area contributed by atoms with Crippen molar-refractivity contribution in [1.82, 2.24) is 16.0 Å². The molecule has 42 heavy (non-hydrogen) atoms. The molecule has 0 heterocycles. The number of nitrogens with one attached hydrogen (secondary N) is 4. The average molecular weight is 576 g/mol. The Bertz CT molecular complexity index is 1470. The lowest BCUT2D eigenvalue weighted by Crippen LogP contribution is -2.49. The molecule has 0 aromatic heterocycles. The van der Waals surface area contributed by atoms with Gasteiger partial charge in [0.05, 0.1) is 22.1 Å². The van der Waals surface area contributed by atoms with E-state index in [1.165, 1.54) is 44.3 Å². The number of anilines is 2. The molecule has 0 radical (unpaired) electrons. The lowest BCUT2D eigenvalue weighted by molar-refractivity contribution is -0.384. The number of rotatable bonds is 13. The van der Waals surface area contributed by atoms with Crippen LogP contribution < -0.4 is 21.3 Å². The Morgan fingerprint density at radius 3 is 2.24 bits per heavy atom. The molecule has 0 saturated heterocycles. The van der Waals surface area contributed by atoms with E-state index in [0.717, 1.165) is 11.1 Å². The Balaban J connectivity index is 1.78. The molecule has 220 valence electrons. The molecule has 0 unspecified atom stereocenters. The van der Waals surface area contributed by atoms with E-state index in [1.807, 2.05) is 13.0 Å². The van der Waals surface area contributed by atoms with E-state index in [-0.39, 0.29) is 30.1 Å². The van der Waals surface area contributed by atoms with Crippen LogP contribution >= 0.6 is 0 Å². The number of likely N-dealkylation sites (N-methyl/N-ethyl adjacent to an activating group) is 1. The summed E-state index contributed by atoms with van der Waals surface area (Å²) in [6.45, 7) is 3.15. The lowest BCUT2D eigenvalue weighted by atomic mass is 9.97. The Morgan fingerprint density at radius 2 is 1.64 bits per heavy atom. The molecule has 3 amide bonds. The average Bonchev–Trinajstić information content (AvgIpc) is 2.97. The van der Waals surface area contributed by atoms with Crippen molar-refractivity contribution in [2.75, 3.05) is 18.9 Å². The van der Waals surface area contributed by atoms with E-state index in [0.29, 0.717) is 23.4 Å². The third-order valence-electron chi connectivity index (χ3n) is 6.66. The third kappa shape index (κ3) is 8.13. The number of carboxylic acid groups (broad SMARTS) is 1. The molecule has 0 fully saturated rings. The first-order chi connectivity index (χ1) is 20.0. The highest BCUT2D eigenvalue weighted by Gasteiger charge is 2.25. The van der Waals surface area contributed by atoms with Crippen molar-refractivity contribution < 1.29 is 29.2 Å². The number of nitro groups is 1. The van der Waals surface area contributed by atoms with Crippen LogP contribution in [0.4, 0.5) is 17.1 Å². The van der Waals surface area contributed by atoms with Gasteiger partial charge in [-0.15, -0.1) is 0 Å². The largest absolute Gasteiger partial charge is 0.478 e. The van der Waals surface area contributed by atoms with Crippen LogP contribution in [0.5, 0.6) is 0 Å². The smallest absolute Gasteiger partial charge is 0.337 e. The number of para-hydroxylation sites is 1. The maximum absolute atomic E-state index is 13.2. The van der Waals surface area contributed by atoms with Crippen LogP contribution in [-0.2, 0) is 27.2 Å². The minimum atomic E-state index is -1.05. The molecule has 12 nitrogen and oxygen atoms in total. The molecule has 0 aliphatic rings. The summed E-state index contributed by atoms with van der Waals surface area (Å²) in [6.07, 6.45) is 0.776. The van der Waals surface area contributed by atoms with Gasteiger partial charge in [0.25, 0.3) is 5.69 Å². The number of aryl methyl sites for hydroxylation is 1. The van der Waals surface area contributed by atoms with Crippen molar-refractivity contribution in [2.45, 2.75) is 38.6 Å². The van der Waals surface area contributed by atoms with E-state index in [1.54, 1.807) is 30.3 Å². The van der Waals surface area contributed by atoms with Crippen molar-refractivity contribution in [1.29, 1.82) is 0 Å². The van der Waals surface area contributed by atoms with Gasteiger partial charge in [-0.3, -0.25) is 24.5 Å². The van der Waals surface area contributed by atoms with Gasteiger partial charge in [-0.1, -0.05) is 43.3 Å². The number of carbonyl (C=O) groups excluding carboxylic acids is 3. The zero-order valence-electron chi connectivity index (χ0n) is 23.5. The van der Waals surface area contributed by atoms with Gasteiger partial charge in [0, 0.05) is 44.8 Å². The SMILES string of the molecule is CCc1cc(C[C@H](NC(C)=O)C(=O)NC[C@H](C(=O)NC)c2ccc([N+](=O)[O-])cc2)ccc1Nc1ccccc1C(=O)O. The van der Waals surface area contributed by atoms with Crippen molar-refractivity contribution in [3.63, 3.8) is 0 Å². The van der Waals surface area contributed by atoms with Gasteiger partial charge in [-0.05, 0) is 41.3 Å². The Labute approximate surface area is 242 Å². The number of hydrogen-bond acceptors (Lipinski definition) is 7. The molecule has 3 aromatic carbocycles. The summed E-state index contributed by atoms with van der Waals surface area (Å²) in [4.78, 5) is 59.8. The number of hydrogen-bond donors (Lipinski definition) is 5. The number of benzene rings is 3. The maximum Gasteiger partial charge on any atom is 0.337 e. The van der Waals surface area contributed by atoms with E-state index < -0.39 is 34.7 Å². The number of amides is 3. The van der Waals surface area contributed by atoms with Crippen molar-refractivity contribution in [3.8, 4) is 0 Å². The summed E-state index contributed by atoms with van der Waals surface area (Å²) in [5.74, 6) is -3.17. The van der Waals surface area contributed by atoms with E-state index in [2.05, 4.69) is 21.3 Å². The molecule has 3 rings (SSSR count). The number of nitro benzene ring substituents is 1. The van der Waals surface area contributed by atoms with Gasteiger partial charge in [-0.2, -0.15) is 0 Å². The first-order valence-corrected chi connectivity index (χ1v) is 13.3. The molecular weight excluding hydrogens is 542 g/mol. The fourth-order valence-corrected chi connectivity index (χ4v) is 4.49. The molecular formula is C30H33N5O7. The molecule has 0 aliphatic heterocycles. The summed E-state index contributed by atoms with van der Waals surface area (Å²) < 4.78 is 0. The summed E-state index contributed by atoms with van der Waals surface area (Å²) in [6, 6.07) is 16.6. The molecule has 0 saturated carbocycles. The van der Waals surface area contributed by atoms with Crippen LogP contribution in [0, 0.1) is 10.1 Å². The van der Waals surface area contributed by atoms with Crippen LogP contribution in [0.3, 0.4) is 0 Å². The second-order valence-electron chi connectivity index (χ2n) is 9.54. The lowest BCUT2D eigenvalue weighted by Gasteiger charge is -2.21. The highest BCUT2D eigenvalue weighted by molar-refractivity contribution is 5.95. The number of aromatic carboxylic acids is 1. The Hall–Kier alpha value is -5.26. The van der Waals surface area contributed by atoms with Gasteiger partial charge < -0.3 is 26.4 Å². The fraction of sp³-hybridized carbons (Fsp3) is 0.267. The van der Waals surface area contributed by atoms with E-state index in [9.17, 15) is 34.4 Å². The van der Waals surface area contributed by atoms with Crippen LogP contribution in [-0.4, -0.2) is 53.4 Å². The quantitative estimate of drug-likeness (QED) is 0.152. The van der Waals surface area contributed by atoms with E-state index >= 15 is 0 Å². The zero-order chi connectivity index (χ0) is 30.8. The molecule has 5 N–H and O–H groups in total. The number of carbonyl (C=O) groups is 4. The number of carboxylic acids is 1. The normalized spacial score (nSPS) is 12.0. The highest BCUT2D eigenvalue weighted by Crippen LogP contribution is 2.26. The number of nitrogens with zero attached hydrogens (tertiary/aromatic N) is 1. The minimum Gasteiger partial charge on any atom is -0.478 e. The number of non-ortho nitro benzene ring substituents is 1. The van der Waals surface area contributed by atoms with Crippen molar-refractivity contribution in [2.24, 2.45) is 0 Å². The van der Waals surface area contributed by atoms with Gasteiger partial charge in [0.2, 0.25) is 17.7 Å². The van der Waals surface area contributed by atoms with E-state index in [4.69, 9.17) is 0 Å². The first-order valence-electron chi connectivity index (χ1n) is 13.3. The van der Waals surface area contributed by atoms with Crippen LogP contribution in [0.25, 0.3) is 0 Å². The summed E-state index contributed by atoms with van der Waals surface area (Å²) in [7, 11) is 1.45. The van der Waals surface area contributed by atoms with Crippen LogP contribution in [0.15, 0.2) is 66.7 Å². The highest BCUT2D eigenvalue weighted by atomic mass is 16.6. The molecule has 12 heteroatoms. The van der Waals surface area contributed by atoms with Crippen LogP contribution in [0.2, 0.25) is 0 Å². The van der Waals surface area contributed by atoms with Crippen molar-refractivity contribution >= 4 is 40.8 Å². The Kier molecular flexibility index (Phi) is 10.7. The molecule has 2 atom stereocenters. The first kappa shape index (κ1) is 31.3. The second kappa shape index (κ2) is 14.4. The predicted octanol–water partition coefficient (Wildman–Crippen LogP) is 3.29.